The van der Waals surface area contributed by atoms with Gasteiger partial charge in [-0.05, 0) is 52.3 Å². The van der Waals surface area contributed by atoms with E-state index in [0.29, 0.717) is 0 Å². The minimum Gasteiger partial charge on any atom is -0.0616 e. The first-order chi connectivity index (χ1) is 9.43. The second-order valence-electron chi connectivity index (χ2n) is 5.32. The van der Waals surface area contributed by atoms with Gasteiger partial charge < -0.3 is 0 Å². The fraction of sp³-hybridized carbons (Fsp3) is 0.158. The molecule has 0 aromatic heterocycles. The van der Waals surface area contributed by atoms with E-state index in [1.165, 1.54) is 41.2 Å². The van der Waals surface area contributed by atoms with E-state index in [-0.39, 0.29) is 0 Å². The zero-order chi connectivity index (χ0) is 12.7. The second kappa shape index (κ2) is 4.24. The SMILES string of the molecule is c1cc2c(c(-c3cccc4ccccc34)c1)CCC2. The predicted molar refractivity (Wildman–Crippen MR) is 81.4 cm³/mol. The Morgan fingerprint density at radius 2 is 1.42 bits per heavy atom. The van der Waals surface area contributed by atoms with Gasteiger partial charge in [0, 0.05) is 0 Å². The second-order valence-corrected chi connectivity index (χ2v) is 5.32. The molecule has 0 N–H and O–H groups in total. The summed E-state index contributed by atoms with van der Waals surface area (Å²) >= 11 is 0. The van der Waals surface area contributed by atoms with Crippen molar-refractivity contribution in [1.82, 2.24) is 0 Å². The Hall–Kier alpha value is -2.08. The first kappa shape index (κ1) is 10.8. The van der Waals surface area contributed by atoms with Crippen molar-refractivity contribution in [3.05, 3.63) is 71.8 Å². The van der Waals surface area contributed by atoms with Crippen LogP contribution in [0.4, 0.5) is 0 Å². The average molecular weight is 244 g/mol. The lowest BCUT2D eigenvalue weighted by Gasteiger charge is -2.11. The van der Waals surface area contributed by atoms with Crippen molar-refractivity contribution >= 4 is 10.8 Å². The molecule has 0 unspecified atom stereocenters. The zero-order valence-corrected chi connectivity index (χ0v) is 10.9. The Kier molecular flexibility index (Phi) is 2.41. The van der Waals surface area contributed by atoms with Crippen LogP contribution in [0.15, 0.2) is 60.7 Å². The molecule has 0 fully saturated rings. The Morgan fingerprint density at radius 1 is 0.632 bits per heavy atom. The van der Waals surface area contributed by atoms with E-state index in [2.05, 4.69) is 60.7 Å². The molecule has 0 saturated heterocycles. The Balaban J connectivity index is 2.04. The van der Waals surface area contributed by atoms with Gasteiger partial charge in [-0.1, -0.05) is 60.7 Å². The molecule has 4 rings (SSSR count). The summed E-state index contributed by atoms with van der Waals surface area (Å²) in [5.74, 6) is 0. The molecule has 0 spiro atoms. The number of aryl methyl sites for hydroxylation is 1. The van der Waals surface area contributed by atoms with Crippen LogP contribution in [-0.4, -0.2) is 0 Å². The molecule has 19 heavy (non-hydrogen) atoms. The minimum atomic E-state index is 1.23. The van der Waals surface area contributed by atoms with E-state index in [1.54, 1.807) is 11.1 Å². The van der Waals surface area contributed by atoms with Gasteiger partial charge in [0.05, 0.1) is 0 Å². The molecule has 0 bridgehead atoms. The van der Waals surface area contributed by atoms with Crippen LogP contribution in [0.3, 0.4) is 0 Å². The Labute approximate surface area is 113 Å². The Morgan fingerprint density at radius 3 is 2.42 bits per heavy atom. The lowest BCUT2D eigenvalue weighted by molar-refractivity contribution is 0.912. The summed E-state index contributed by atoms with van der Waals surface area (Å²) in [5, 5.41) is 2.70. The van der Waals surface area contributed by atoms with Gasteiger partial charge in [0.25, 0.3) is 0 Å². The maximum absolute atomic E-state index is 2.29. The van der Waals surface area contributed by atoms with Crippen LogP contribution in [0, 0.1) is 0 Å². The van der Waals surface area contributed by atoms with Crippen molar-refractivity contribution < 1.29 is 0 Å². The number of fused-ring (bicyclic) bond motifs is 2. The van der Waals surface area contributed by atoms with Gasteiger partial charge >= 0.3 is 0 Å². The summed E-state index contributed by atoms with van der Waals surface area (Å²) in [4.78, 5) is 0. The Bertz CT molecular complexity index is 748. The summed E-state index contributed by atoms with van der Waals surface area (Å²) < 4.78 is 0. The van der Waals surface area contributed by atoms with E-state index in [0.717, 1.165) is 0 Å². The molecule has 0 nitrogen and oxygen atoms in total. The number of hydrogen-bond acceptors (Lipinski definition) is 0. The number of benzene rings is 3. The zero-order valence-electron chi connectivity index (χ0n) is 10.9. The van der Waals surface area contributed by atoms with Gasteiger partial charge in [0.1, 0.15) is 0 Å². The highest BCUT2D eigenvalue weighted by molar-refractivity contribution is 5.97. The molecule has 0 heterocycles. The highest BCUT2D eigenvalue weighted by atomic mass is 14.2. The third-order valence-electron chi connectivity index (χ3n) is 4.23. The summed E-state index contributed by atoms with van der Waals surface area (Å²) in [7, 11) is 0. The predicted octanol–water partition coefficient (Wildman–Crippen LogP) is 5.00. The first-order valence-electron chi connectivity index (χ1n) is 7.02. The first-order valence-corrected chi connectivity index (χ1v) is 7.02. The number of hydrogen-bond donors (Lipinski definition) is 0. The molecule has 0 amide bonds. The van der Waals surface area contributed by atoms with Crippen molar-refractivity contribution in [3.63, 3.8) is 0 Å². The molecule has 3 aromatic carbocycles. The van der Waals surface area contributed by atoms with Crippen LogP contribution in [0.25, 0.3) is 21.9 Å². The lowest BCUT2D eigenvalue weighted by atomic mass is 9.93. The van der Waals surface area contributed by atoms with Gasteiger partial charge in [-0.2, -0.15) is 0 Å². The third-order valence-corrected chi connectivity index (χ3v) is 4.23. The molecular formula is C19H16. The third kappa shape index (κ3) is 1.67. The van der Waals surface area contributed by atoms with Crippen molar-refractivity contribution in [3.8, 4) is 11.1 Å². The molecule has 0 saturated carbocycles. The molecule has 3 aromatic rings. The lowest BCUT2D eigenvalue weighted by Crippen LogP contribution is -1.89. The summed E-state index contributed by atoms with van der Waals surface area (Å²) in [5.41, 5.74) is 5.94. The smallest absolute Gasteiger partial charge is 0.0103 e. The molecule has 0 heteroatoms. The highest BCUT2D eigenvalue weighted by Gasteiger charge is 2.16. The van der Waals surface area contributed by atoms with Crippen molar-refractivity contribution in [2.45, 2.75) is 19.3 Å². The molecule has 1 aliphatic rings. The number of rotatable bonds is 1. The summed E-state index contributed by atoms with van der Waals surface area (Å²) in [6.45, 7) is 0. The largest absolute Gasteiger partial charge is 0.0616 e. The topological polar surface area (TPSA) is 0 Å². The average Bonchev–Trinajstić information content (AvgIpc) is 2.95. The van der Waals surface area contributed by atoms with Crippen LogP contribution < -0.4 is 0 Å². The maximum atomic E-state index is 2.29. The van der Waals surface area contributed by atoms with Crippen molar-refractivity contribution in [2.24, 2.45) is 0 Å². The van der Waals surface area contributed by atoms with E-state index in [9.17, 15) is 0 Å². The molecule has 92 valence electrons. The van der Waals surface area contributed by atoms with Crippen LogP contribution in [-0.2, 0) is 12.8 Å². The fourth-order valence-electron chi connectivity index (χ4n) is 3.33. The summed E-state index contributed by atoms with van der Waals surface area (Å²) in [6.07, 6.45) is 3.78. The van der Waals surface area contributed by atoms with Gasteiger partial charge in [-0.3, -0.25) is 0 Å². The van der Waals surface area contributed by atoms with E-state index in [4.69, 9.17) is 0 Å². The highest BCUT2D eigenvalue weighted by Crippen LogP contribution is 2.35. The van der Waals surface area contributed by atoms with Gasteiger partial charge in [0.15, 0.2) is 0 Å². The molecule has 0 atom stereocenters. The normalized spacial score (nSPS) is 13.7. The van der Waals surface area contributed by atoms with Crippen LogP contribution in [0.5, 0.6) is 0 Å². The van der Waals surface area contributed by atoms with E-state index in [1.807, 2.05) is 0 Å². The van der Waals surface area contributed by atoms with Gasteiger partial charge in [-0.25, -0.2) is 0 Å². The van der Waals surface area contributed by atoms with Crippen LogP contribution >= 0.6 is 0 Å². The van der Waals surface area contributed by atoms with Gasteiger partial charge in [0.2, 0.25) is 0 Å². The standard InChI is InChI=1S/C19H16/c1-2-10-16-14(6-1)8-4-12-18(16)19-13-5-9-15-7-3-11-17(15)19/h1-2,4-6,8-10,12-13H,3,7,11H2. The van der Waals surface area contributed by atoms with Crippen molar-refractivity contribution in [1.29, 1.82) is 0 Å². The maximum Gasteiger partial charge on any atom is -0.0103 e. The van der Waals surface area contributed by atoms with Crippen molar-refractivity contribution in [2.75, 3.05) is 0 Å². The van der Waals surface area contributed by atoms with Gasteiger partial charge in [-0.15, -0.1) is 0 Å². The quantitative estimate of drug-likeness (QED) is 0.565. The fourth-order valence-corrected chi connectivity index (χ4v) is 3.33. The monoisotopic (exact) mass is 244 g/mol. The molecular weight excluding hydrogens is 228 g/mol. The minimum absolute atomic E-state index is 1.23. The van der Waals surface area contributed by atoms with Crippen LogP contribution in [0.2, 0.25) is 0 Å². The summed E-state index contributed by atoms with van der Waals surface area (Å²) in [6, 6.07) is 22.1. The van der Waals surface area contributed by atoms with E-state index < -0.39 is 0 Å². The van der Waals surface area contributed by atoms with E-state index >= 15 is 0 Å². The van der Waals surface area contributed by atoms with Crippen LogP contribution in [0.1, 0.15) is 17.5 Å². The molecule has 1 aliphatic carbocycles. The molecule has 0 radical (unpaired) electrons. The molecule has 0 aliphatic heterocycles.